The van der Waals surface area contributed by atoms with Crippen LogP contribution in [0.2, 0.25) is 0 Å². The van der Waals surface area contributed by atoms with Gasteiger partial charge in [0.05, 0.1) is 19.3 Å². The van der Waals surface area contributed by atoms with Crippen molar-refractivity contribution in [1.82, 2.24) is 9.97 Å². The van der Waals surface area contributed by atoms with E-state index in [-0.39, 0.29) is 0 Å². The van der Waals surface area contributed by atoms with Crippen LogP contribution in [0.25, 0.3) is 0 Å². The highest BCUT2D eigenvalue weighted by Gasteiger charge is 2.16. The Morgan fingerprint density at radius 1 is 1.50 bits per heavy atom. The van der Waals surface area contributed by atoms with E-state index in [0.717, 1.165) is 17.1 Å². The lowest BCUT2D eigenvalue weighted by molar-refractivity contribution is 0.0519. The molecule has 2 aromatic rings. The predicted octanol–water partition coefficient (Wildman–Crippen LogP) is 2.79. The van der Waals surface area contributed by atoms with E-state index in [1.54, 1.807) is 13.1 Å². The molecule has 2 aromatic heterocycles. The average Bonchev–Trinajstić information content (AvgIpc) is 3.03. The first-order valence-corrected chi connectivity index (χ1v) is 7.27. The van der Waals surface area contributed by atoms with Crippen LogP contribution in [0.4, 0.5) is 5.13 Å². The maximum Gasteiger partial charge on any atom is 0.358 e. The highest BCUT2D eigenvalue weighted by molar-refractivity contribution is 7.15. The zero-order valence-corrected chi connectivity index (χ0v) is 12.5. The molecule has 6 nitrogen and oxygen atoms in total. The monoisotopic (exact) mass is 295 g/mol. The molecule has 0 saturated heterocycles. The summed E-state index contributed by atoms with van der Waals surface area (Å²) in [5, 5.41) is 3.75. The van der Waals surface area contributed by atoms with Crippen LogP contribution >= 0.6 is 11.3 Å². The van der Waals surface area contributed by atoms with Crippen LogP contribution in [0.1, 0.15) is 40.9 Å². The molecule has 0 radical (unpaired) electrons. The number of nitrogens with zero attached hydrogens (tertiary/aromatic N) is 2. The summed E-state index contributed by atoms with van der Waals surface area (Å²) in [6.45, 7) is 6.40. The Morgan fingerprint density at radius 2 is 2.30 bits per heavy atom. The summed E-state index contributed by atoms with van der Waals surface area (Å²) in [7, 11) is 0. The molecule has 0 unspecified atom stereocenters. The summed E-state index contributed by atoms with van der Waals surface area (Å²) in [5.41, 5.74) is 0.362. The summed E-state index contributed by atoms with van der Waals surface area (Å²) in [4.78, 5) is 20.9. The quantitative estimate of drug-likeness (QED) is 0.826. The minimum atomic E-state index is -0.390. The van der Waals surface area contributed by atoms with Gasteiger partial charge < -0.3 is 14.5 Å². The Morgan fingerprint density at radius 3 is 2.95 bits per heavy atom. The lowest BCUT2D eigenvalue weighted by atomic mass is 10.4. The highest BCUT2D eigenvalue weighted by atomic mass is 32.1. The van der Waals surface area contributed by atoms with Crippen molar-refractivity contribution in [3.8, 4) is 0 Å². The Bertz CT molecular complexity index is 591. The molecular weight excluding hydrogens is 278 g/mol. The van der Waals surface area contributed by atoms with Gasteiger partial charge in [-0.05, 0) is 13.8 Å². The lowest BCUT2D eigenvalue weighted by Gasteiger charge is -1.99. The number of anilines is 1. The van der Waals surface area contributed by atoms with Gasteiger partial charge in [0.1, 0.15) is 5.76 Å². The van der Waals surface area contributed by atoms with Crippen molar-refractivity contribution in [3.05, 3.63) is 28.4 Å². The van der Waals surface area contributed by atoms with Gasteiger partial charge in [0, 0.05) is 11.3 Å². The topological polar surface area (TPSA) is 77.2 Å². The molecule has 7 heteroatoms. The summed E-state index contributed by atoms with van der Waals surface area (Å²) in [6, 6.07) is 0. The third-order valence-electron chi connectivity index (χ3n) is 2.61. The zero-order chi connectivity index (χ0) is 14.5. The van der Waals surface area contributed by atoms with Crippen LogP contribution in [0.15, 0.2) is 10.6 Å². The second-order valence-corrected chi connectivity index (χ2v) is 5.27. The largest absolute Gasteiger partial charge is 0.461 e. The van der Waals surface area contributed by atoms with Crippen LogP contribution in [0.5, 0.6) is 0 Å². The number of aromatic nitrogens is 2. The van der Waals surface area contributed by atoms with Crippen LogP contribution in [0, 0.1) is 6.92 Å². The first-order valence-electron chi connectivity index (χ1n) is 6.46. The number of rotatable bonds is 6. The van der Waals surface area contributed by atoms with Gasteiger partial charge in [-0.1, -0.05) is 6.92 Å². The van der Waals surface area contributed by atoms with E-state index >= 15 is 0 Å². The second kappa shape index (κ2) is 6.51. The van der Waals surface area contributed by atoms with Crippen molar-refractivity contribution < 1.29 is 13.9 Å². The van der Waals surface area contributed by atoms with E-state index in [4.69, 9.17) is 9.15 Å². The molecule has 0 fully saturated rings. The first-order chi connectivity index (χ1) is 9.63. The minimum Gasteiger partial charge on any atom is -0.461 e. The van der Waals surface area contributed by atoms with Crippen LogP contribution in [-0.2, 0) is 17.7 Å². The molecule has 0 aromatic carbocycles. The molecule has 0 saturated carbocycles. The molecule has 2 rings (SSSR count). The predicted molar refractivity (Wildman–Crippen MR) is 76.0 cm³/mol. The van der Waals surface area contributed by atoms with E-state index in [1.165, 1.54) is 11.3 Å². The van der Waals surface area contributed by atoms with Gasteiger partial charge in [0.15, 0.2) is 10.8 Å². The zero-order valence-electron chi connectivity index (χ0n) is 11.7. The molecule has 0 bridgehead atoms. The molecule has 0 spiro atoms. The average molecular weight is 295 g/mol. The Hall–Kier alpha value is -1.89. The highest BCUT2D eigenvalue weighted by Crippen LogP contribution is 2.23. The third-order valence-corrected chi connectivity index (χ3v) is 3.53. The number of oxazole rings is 1. The molecule has 0 atom stereocenters. The molecule has 1 N–H and O–H groups in total. The molecular formula is C13H17N3O3S. The molecule has 0 aliphatic rings. The molecule has 108 valence electrons. The Kier molecular flexibility index (Phi) is 4.73. The van der Waals surface area contributed by atoms with Crippen molar-refractivity contribution in [2.45, 2.75) is 33.7 Å². The van der Waals surface area contributed by atoms with Gasteiger partial charge in [0.25, 0.3) is 0 Å². The van der Waals surface area contributed by atoms with E-state index in [1.807, 2.05) is 13.8 Å². The molecule has 0 amide bonds. The number of esters is 1. The summed E-state index contributed by atoms with van der Waals surface area (Å²) < 4.78 is 10.4. The van der Waals surface area contributed by atoms with Crippen molar-refractivity contribution in [2.24, 2.45) is 0 Å². The van der Waals surface area contributed by atoms with E-state index in [0.29, 0.717) is 29.9 Å². The van der Waals surface area contributed by atoms with Crippen LogP contribution < -0.4 is 5.32 Å². The van der Waals surface area contributed by atoms with Gasteiger partial charge in [-0.15, -0.1) is 11.3 Å². The molecule has 0 aliphatic heterocycles. The van der Waals surface area contributed by atoms with Crippen molar-refractivity contribution in [2.75, 3.05) is 11.9 Å². The fourth-order valence-electron chi connectivity index (χ4n) is 1.61. The number of carbonyl (C=O) groups excluding carboxylic acids is 1. The molecule has 0 aliphatic carbocycles. The summed E-state index contributed by atoms with van der Waals surface area (Å²) in [6.07, 6.45) is 2.53. The van der Waals surface area contributed by atoms with Gasteiger partial charge in [0.2, 0.25) is 5.89 Å². The maximum absolute atomic E-state index is 11.7. The maximum atomic E-state index is 11.7. The second-order valence-electron chi connectivity index (χ2n) is 4.07. The number of aryl methyl sites for hydroxylation is 2. The lowest BCUT2D eigenvalue weighted by Crippen LogP contribution is -2.07. The Labute approximate surface area is 121 Å². The normalized spacial score (nSPS) is 10.6. The van der Waals surface area contributed by atoms with E-state index in [9.17, 15) is 4.79 Å². The SMILES string of the molecule is CCOC(=O)c1nc(NCc2ncc(CC)o2)sc1C. The summed E-state index contributed by atoms with van der Waals surface area (Å²) in [5.74, 6) is 1.07. The van der Waals surface area contributed by atoms with Crippen molar-refractivity contribution in [3.63, 3.8) is 0 Å². The number of thiazole rings is 1. The standard InChI is InChI=1S/C13H17N3O3S/c1-4-9-6-14-10(19-9)7-15-13-16-11(8(3)20-13)12(17)18-5-2/h6H,4-5,7H2,1-3H3,(H,15,16). The molecule has 20 heavy (non-hydrogen) atoms. The van der Waals surface area contributed by atoms with E-state index < -0.39 is 5.97 Å². The van der Waals surface area contributed by atoms with E-state index in [2.05, 4.69) is 15.3 Å². The number of nitrogens with one attached hydrogen (secondary N) is 1. The number of hydrogen-bond acceptors (Lipinski definition) is 7. The fraction of sp³-hybridized carbons (Fsp3) is 0.462. The first kappa shape index (κ1) is 14.5. The number of hydrogen-bond donors (Lipinski definition) is 1. The smallest absolute Gasteiger partial charge is 0.358 e. The molecule has 2 heterocycles. The minimum absolute atomic E-state index is 0.342. The van der Waals surface area contributed by atoms with Crippen LogP contribution in [0.3, 0.4) is 0 Å². The van der Waals surface area contributed by atoms with Gasteiger partial charge in [-0.2, -0.15) is 0 Å². The van der Waals surface area contributed by atoms with Gasteiger partial charge in [-0.3, -0.25) is 0 Å². The van der Waals surface area contributed by atoms with Gasteiger partial charge in [-0.25, -0.2) is 14.8 Å². The van der Waals surface area contributed by atoms with Gasteiger partial charge >= 0.3 is 5.97 Å². The summed E-state index contributed by atoms with van der Waals surface area (Å²) >= 11 is 1.41. The van der Waals surface area contributed by atoms with Crippen LogP contribution in [-0.4, -0.2) is 22.5 Å². The fourth-order valence-corrected chi connectivity index (χ4v) is 2.40. The van der Waals surface area contributed by atoms with Crippen molar-refractivity contribution in [1.29, 1.82) is 0 Å². The Balaban J connectivity index is 1.99. The number of carbonyl (C=O) groups is 1. The number of ether oxygens (including phenoxy) is 1. The van der Waals surface area contributed by atoms with Crippen molar-refractivity contribution >= 4 is 22.4 Å². The third kappa shape index (κ3) is 3.36.